The lowest BCUT2D eigenvalue weighted by Crippen LogP contribution is -2.24. The maximum atomic E-state index is 11.5. The minimum atomic E-state index is 0.0862. The third-order valence-corrected chi connectivity index (χ3v) is 3.34. The Bertz CT molecular complexity index is 380. The van der Waals surface area contributed by atoms with E-state index < -0.39 is 0 Å². The van der Waals surface area contributed by atoms with Gasteiger partial charge in [0, 0.05) is 18.3 Å². The Labute approximate surface area is 123 Å². The standard InChI is InChI=1S/C17H28N2O/c1-4-7-15(8-5-2)19-16-11-9-14(10-12-16)13-17(20)18-6-3/h9-12,15,19H,4-8,13H2,1-3H3,(H,18,20). The van der Waals surface area contributed by atoms with Crippen molar-refractivity contribution in [3.05, 3.63) is 29.8 Å². The van der Waals surface area contributed by atoms with Crippen LogP contribution in [0.15, 0.2) is 24.3 Å². The van der Waals surface area contributed by atoms with Crippen molar-refractivity contribution in [1.82, 2.24) is 5.32 Å². The third-order valence-electron chi connectivity index (χ3n) is 3.34. The molecule has 0 saturated carbocycles. The van der Waals surface area contributed by atoms with Crippen LogP contribution in [0.4, 0.5) is 5.69 Å². The number of amides is 1. The van der Waals surface area contributed by atoms with Gasteiger partial charge in [0.25, 0.3) is 0 Å². The summed E-state index contributed by atoms with van der Waals surface area (Å²) in [5.41, 5.74) is 2.21. The SMILES string of the molecule is CCCC(CCC)Nc1ccc(CC(=O)NCC)cc1. The molecule has 0 heterocycles. The first kappa shape index (κ1) is 16.5. The summed E-state index contributed by atoms with van der Waals surface area (Å²) in [4.78, 5) is 11.5. The predicted molar refractivity (Wildman–Crippen MR) is 86.1 cm³/mol. The third kappa shape index (κ3) is 6.09. The molecule has 112 valence electrons. The number of hydrogen-bond acceptors (Lipinski definition) is 2. The van der Waals surface area contributed by atoms with E-state index in [0.29, 0.717) is 19.0 Å². The Kier molecular flexibility index (Phi) is 7.78. The number of rotatable bonds is 9. The van der Waals surface area contributed by atoms with Crippen LogP contribution in [0, 0.1) is 0 Å². The van der Waals surface area contributed by atoms with Crippen LogP contribution in [0.2, 0.25) is 0 Å². The van der Waals surface area contributed by atoms with Gasteiger partial charge < -0.3 is 10.6 Å². The number of nitrogens with one attached hydrogen (secondary N) is 2. The van der Waals surface area contributed by atoms with Crippen molar-refractivity contribution in [2.24, 2.45) is 0 Å². The average Bonchev–Trinajstić information content (AvgIpc) is 2.42. The van der Waals surface area contributed by atoms with Gasteiger partial charge in [0.1, 0.15) is 0 Å². The number of benzene rings is 1. The zero-order valence-electron chi connectivity index (χ0n) is 13.0. The Morgan fingerprint density at radius 1 is 1.05 bits per heavy atom. The minimum absolute atomic E-state index is 0.0862. The summed E-state index contributed by atoms with van der Waals surface area (Å²) in [6.07, 6.45) is 5.27. The Balaban J connectivity index is 2.54. The second kappa shape index (κ2) is 9.40. The average molecular weight is 276 g/mol. The first-order valence-corrected chi connectivity index (χ1v) is 7.81. The molecule has 3 nitrogen and oxygen atoms in total. The predicted octanol–water partition coefficient (Wildman–Crippen LogP) is 3.75. The van der Waals surface area contributed by atoms with Crippen molar-refractivity contribution in [2.45, 2.75) is 58.9 Å². The zero-order valence-corrected chi connectivity index (χ0v) is 13.0. The van der Waals surface area contributed by atoms with Crippen molar-refractivity contribution in [3.63, 3.8) is 0 Å². The zero-order chi connectivity index (χ0) is 14.8. The van der Waals surface area contributed by atoms with E-state index in [-0.39, 0.29) is 5.91 Å². The van der Waals surface area contributed by atoms with Crippen molar-refractivity contribution in [2.75, 3.05) is 11.9 Å². The van der Waals surface area contributed by atoms with Gasteiger partial charge in [0.15, 0.2) is 0 Å². The van der Waals surface area contributed by atoms with E-state index in [9.17, 15) is 4.79 Å². The summed E-state index contributed by atoms with van der Waals surface area (Å²) in [5.74, 6) is 0.0862. The molecule has 3 heteroatoms. The van der Waals surface area contributed by atoms with E-state index in [4.69, 9.17) is 0 Å². The van der Waals surface area contributed by atoms with Gasteiger partial charge in [-0.1, -0.05) is 38.8 Å². The second-order valence-electron chi connectivity index (χ2n) is 5.25. The highest BCUT2D eigenvalue weighted by atomic mass is 16.1. The van der Waals surface area contributed by atoms with Gasteiger partial charge >= 0.3 is 0 Å². The fourth-order valence-electron chi connectivity index (χ4n) is 2.39. The highest BCUT2D eigenvalue weighted by molar-refractivity contribution is 5.78. The molecule has 0 atom stereocenters. The van der Waals surface area contributed by atoms with Gasteiger partial charge in [-0.25, -0.2) is 0 Å². The first-order valence-electron chi connectivity index (χ1n) is 7.81. The summed E-state index contributed by atoms with van der Waals surface area (Å²) in [7, 11) is 0. The smallest absolute Gasteiger partial charge is 0.224 e. The van der Waals surface area contributed by atoms with Gasteiger partial charge in [-0.3, -0.25) is 4.79 Å². The van der Waals surface area contributed by atoms with Crippen molar-refractivity contribution in [1.29, 1.82) is 0 Å². The molecule has 0 unspecified atom stereocenters. The normalized spacial score (nSPS) is 10.6. The summed E-state index contributed by atoms with van der Waals surface area (Å²) in [6, 6.07) is 8.78. The Morgan fingerprint density at radius 2 is 1.65 bits per heavy atom. The molecule has 0 aliphatic carbocycles. The molecular weight excluding hydrogens is 248 g/mol. The van der Waals surface area contributed by atoms with Crippen LogP contribution < -0.4 is 10.6 Å². The molecule has 1 aromatic carbocycles. The first-order chi connectivity index (χ1) is 9.69. The highest BCUT2D eigenvalue weighted by Crippen LogP contribution is 2.15. The molecule has 0 fully saturated rings. The number of hydrogen-bond donors (Lipinski definition) is 2. The molecule has 0 spiro atoms. The molecule has 0 saturated heterocycles. The molecule has 0 aliphatic rings. The summed E-state index contributed by atoms with van der Waals surface area (Å²) in [6.45, 7) is 7.07. The van der Waals surface area contributed by atoms with Crippen LogP contribution in [0.3, 0.4) is 0 Å². The van der Waals surface area contributed by atoms with Crippen LogP contribution in [-0.2, 0) is 11.2 Å². The lowest BCUT2D eigenvalue weighted by atomic mass is 10.1. The van der Waals surface area contributed by atoms with Gasteiger partial charge in [0.2, 0.25) is 5.91 Å². The minimum Gasteiger partial charge on any atom is -0.382 e. The number of likely N-dealkylation sites (N-methyl/N-ethyl adjacent to an activating group) is 1. The largest absolute Gasteiger partial charge is 0.382 e. The lowest BCUT2D eigenvalue weighted by Gasteiger charge is -2.18. The number of carbonyl (C=O) groups excluding carboxylic acids is 1. The monoisotopic (exact) mass is 276 g/mol. The van der Waals surface area contributed by atoms with Gasteiger partial charge in [-0.2, -0.15) is 0 Å². The molecule has 0 radical (unpaired) electrons. The molecule has 2 N–H and O–H groups in total. The number of carbonyl (C=O) groups is 1. The van der Waals surface area contributed by atoms with Gasteiger partial charge in [0.05, 0.1) is 6.42 Å². The lowest BCUT2D eigenvalue weighted by molar-refractivity contribution is -0.120. The quantitative estimate of drug-likeness (QED) is 0.721. The molecule has 20 heavy (non-hydrogen) atoms. The summed E-state index contributed by atoms with van der Waals surface area (Å²) < 4.78 is 0. The van der Waals surface area contributed by atoms with Crippen LogP contribution in [0.5, 0.6) is 0 Å². The maximum absolute atomic E-state index is 11.5. The summed E-state index contributed by atoms with van der Waals surface area (Å²) in [5, 5.41) is 6.41. The van der Waals surface area contributed by atoms with E-state index in [1.807, 2.05) is 19.1 Å². The van der Waals surface area contributed by atoms with E-state index in [0.717, 1.165) is 11.3 Å². The topological polar surface area (TPSA) is 41.1 Å². The van der Waals surface area contributed by atoms with Gasteiger partial charge in [-0.15, -0.1) is 0 Å². The molecule has 1 rings (SSSR count). The van der Waals surface area contributed by atoms with E-state index in [1.54, 1.807) is 0 Å². The van der Waals surface area contributed by atoms with E-state index >= 15 is 0 Å². The van der Waals surface area contributed by atoms with Crippen LogP contribution in [-0.4, -0.2) is 18.5 Å². The van der Waals surface area contributed by atoms with Crippen molar-refractivity contribution in [3.8, 4) is 0 Å². The van der Waals surface area contributed by atoms with Crippen molar-refractivity contribution < 1.29 is 4.79 Å². The maximum Gasteiger partial charge on any atom is 0.224 e. The van der Waals surface area contributed by atoms with E-state index in [1.165, 1.54) is 25.7 Å². The molecule has 0 aliphatic heterocycles. The molecule has 1 amide bonds. The summed E-state index contributed by atoms with van der Waals surface area (Å²) >= 11 is 0. The fourth-order valence-corrected chi connectivity index (χ4v) is 2.39. The number of anilines is 1. The molecule has 0 bridgehead atoms. The van der Waals surface area contributed by atoms with Crippen LogP contribution in [0.25, 0.3) is 0 Å². The second-order valence-corrected chi connectivity index (χ2v) is 5.25. The highest BCUT2D eigenvalue weighted by Gasteiger charge is 2.07. The molecule has 0 aromatic heterocycles. The molecule has 1 aromatic rings. The van der Waals surface area contributed by atoms with Crippen LogP contribution in [0.1, 0.15) is 52.0 Å². The Hall–Kier alpha value is -1.51. The van der Waals surface area contributed by atoms with E-state index in [2.05, 4.69) is 36.6 Å². The van der Waals surface area contributed by atoms with Crippen LogP contribution >= 0.6 is 0 Å². The van der Waals surface area contributed by atoms with Crippen molar-refractivity contribution >= 4 is 11.6 Å². The molecular formula is C17H28N2O. The fraction of sp³-hybridized carbons (Fsp3) is 0.588. The Morgan fingerprint density at radius 3 is 2.15 bits per heavy atom. The van der Waals surface area contributed by atoms with Gasteiger partial charge in [-0.05, 0) is 37.5 Å².